The van der Waals surface area contributed by atoms with Crippen molar-refractivity contribution in [3.05, 3.63) is 97.6 Å². The van der Waals surface area contributed by atoms with Crippen molar-refractivity contribution in [1.82, 2.24) is 10.2 Å². The molecule has 3 heterocycles. The predicted octanol–water partition coefficient (Wildman–Crippen LogP) is 6.49. The summed E-state index contributed by atoms with van der Waals surface area (Å²) in [6.45, 7) is 0.800. The number of aromatic nitrogens is 2. The third-order valence-electron chi connectivity index (χ3n) is 6.36. The highest BCUT2D eigenvalue weighted by molar-refractivity contribution is 14.1. The molecule has 12 heteroatoms. The monoisotopic (exact) mass is 703 g/mol. The highest BCUT2D eigenvalue weighted by Crippen LogP contribution is 2.45. The topological polar surface area (TPSA) is 102 Å². The molecule has 2 aliphatic heterocycles. The number of carbonyl (C=O) groups excluding carboxylic acids is 2. The van der Waals surface area contributed by atoms with Crippen molar-refractivity contribution in [2.75, 3.05) is 18.1 Å². The fraction of sp³-hybridized carbons (Fsp3) is 0.143. The second-order valence-corrected chi connectivity index (χ2v) is 12.6. The number of hydrogen-bond acceptors (Lipinski definition) is 9. The molecular weight excluding hydrogens is 685 g/mol. The zero-order chi connectivity index (χ0) is 27.8. The Bertz CT molecular complexity index is 1660. The molecule has 1 unspecified atom stereocenters. The van der Waals surface area contributed by atoms with E-state index in [0.717, 1.165) is 9.13 Å². The zero-order valence-electron chi connectivity index (χ0n) is 20.5. The first-order valence-corrected chi connectivity index (χ1v) is 15.3. The van der Waals surface area contributed by atoms with E-state index >= 15 is 0 Å². The van der Waals surface area contributed by atoms with Crippen LogP contribution in [0.4, 0.5) is 5.13 Å². The van der Waals surface area contributed by atoms with Crippen LogP contribution in [0.15, 0.2) is 76.6 Å². The molecule has 0 aliphatic carbocycles. The maximum Gasteiger partial charge on any atom is 0.301 e. The van der Waals surface area contributed by atoms with Crippen molar-refractivity contribution >= 4 is 79.9 Å². The number of benzene rings is 3. The standard InChI is InChI=1S/C28H19ClIN3O5S2/c29-19-4-2-1-3-17(19)14-39-28-32-31-27(40-28)33-23(15-5-8-18(30)9-6-15)22(25(35)26(33)36)24(34)16-7-10-20-21(13-16)38-12-11-37-20/h1-10,13,23,34H,11-12,14H2/b24-22+. The average Bonchev–Trinajstić information content (AvgIpc) is 3.54. The van der Waals surface area contributed by atoms with Crippen LogP contribution in [0.25, 0.3) is 5.76 Å². The van der Waals surface area contributed by atoms with Crippen LogP contribution in [-0.4, -0.2) is 40.2 Å². The van der Waals surface area contributed by atoms with Gasteiger partial charge in [-0.1, -0.05) is 65.0 Å². The zero-order valence-corrected chi connectivity index (χ0v) is 25.1. The molecule has 0 spiro atoms. The van der Waals surface area contributed by atoms with Crippen molar-refractivity contribution in [3.8, 4) is 11.5 Å². The molecule has 1 fully saturated rings. The fourth-order valence-electron chi connectivity index (χ4n) is 4.45. The molecule has 6 rings (SSSR count). The first kappa shape index (κ1) is 27.1. The number of fused-ring (bicyclic) bond motifs is 1. The van der Waals surface area contributed by atoms with Gasteiger partial charge in [0.2, 0.25) is 5.13 Å². The van der Waals surface area contributed by atoms with E-state index in [2.05, 4.69) is 32.8 Å². The predicted molar refractivity (Wildman–Crippen MR) is 162 cm³/mol. The number of rotatable bonds is 6. The maximum absolute atomic E-state index is 13.5. The lowest BCUT2D eigenvalue weighted by Gasteiger charge is -2.23. The number of aliphatic hydroxyl groups is 1. The van der Waals surface area contributed by atoms with Gasteiger partial charge in [0.15, 0.2) is 15.8 Å². The fourth-order valence-corrected chi connectivity index (χ4v) is 6.96. The van der Waals surface area contributed by atoms with E-state index in [9.17, 15) is 14.7 Å². The van der Waals surface area contributed by atoms with Gasteiger partial charge in [0.1, 0.15) is 19.0 Å². The van der Waals surface area contributed by atoms with Crippen molar-refractivity contribution in [2.45, 2.75) is 16.1 Å². The molecule has 40 heavy (non-hydrogen) atoms. The molecule has 3 aromatic carbocycles. The van der Waals surface area contributed by atoms with E-state index in [1.807, 2.05) is 48.5 Å². The Hall–Kier alpha value is -3.13. The minimum atomic E-state index is -0.903. The van der Waals surface area contributed by atoms with Gasteiger partial charge in [0, 0.05) is 19.9 Å². The largest absolute Gasteiger partial charge is 0.507 e. The van der Waals surface area contributed by atoms with E-state index < -0.39 is 17.7 Å². The summed E-state index contributed by atoms with van der Waals surface area (Å²) in [5.74, 6) is -0.331. The number of thioether (sulfide) groups is 1. The number of aliphatic hydroxyl groups excluding tert-OH is 1. The molecule has 1 N–H and O–H groups in total. The number of hydrogen-bond donors (Lipinski definition) is 1. The van der Waals surface area contributed by atoms with Gasteiger partial charge in [0.05, 0.1) is 11.6 Å². The van der Waals surface area contributed by atoms with Crippen molar-refractivity contribution < 1.29 is 24.2 Å². The van der Waals surface area contributed by atoms with Gasteiger partial charge in [-0.3, -0.25) is 14.5 Å². The Morgan fingerprint density at radius 2 is 1.80 bits per heavy atom. The number of Topliss-reactive ketones (excluding diaryl/α,β-unsaturated/α-hetero) is 1. The van der Waals surface area contributed by atoms with Crippen LogP contribution in [0, 0.1) is 3.57 Å². The minimum absolute atomic E-state index is 0.0386. The third-order valence-corrected chi connectivity index (χ3v) is 9.55. The summed E-state index contributed by atoms with van der Waals surface area (Å²) in [5.41, 5.74) is 1.90. The van der Waals surface area contributed by atoms with Crippen LogP contribution in [0.1, 0.15) is 22.7 Å². The SMILES string of the molecule is O=C1C(=O)N(c2nnc(SCc3ccccc3Cl)s2)C(c2ccc(I)cc2)/C1=C(\O)c1ccc2c(c1)OCCO2. The van der Waals surface area contributed by atoms with Gasteiger partial charge in [0.25, 0.3) is 5.78 Å². The average molecular weight is 704 g/mol. The lowest BCUT2D eigenvalue weighted by Crippen LogP contribution is -2.29. The maximum atomic E-state index is 13.5. The molecule has 1 aromatic heterocycles. The molecule has 1 amide bonds. The lowest BCUT2D eigenvalue weighted by molar-refractivity contribution is -0.132. The Morgan fingerprint density at radius 3 is 2.58 bits per heavy atom. The summed E-state index contributed by atoms with van der Waals surface area (Å²) in [6, 6.07) is 19.0. The number of nitrogens with zero attached hydrogens (tertiary/aromatic N) is 3. The number of ether oxygens (including phenoxy) is 2. The van der Waals surface area contributed by atoms with Crippen LogP contribution in [-0.2, 0) is 15.3 Å². The van der Waals surface area contributed by atoms with Gasteiger partial charge in [-0.25, -0.2) is 0 Å². The second-order valence-electron chi connectivity index (χ2n) is 8.81. The van der Waals surface area contributed by atoms with E-state index in [1.165, 1.54) is 28.0 Å². The molecule has 0 bridgehead atoms. The van der Waals surface area contributed by atoms with Gasteiger partial charge in [-0.2, -0.15) is 0 Å². The van der Waals surface area contributed by atoms with Gasteiger partial charge < -0.3 is 14.6 Å². The summed E-state index contributed by atoms with van der Waals surface area (Å²) in [5, 5.41) is 20.9. The summed E-state index contributed by atoms with van der Waals surface area (Å²) < 4.78 is 12.8. The van der Waals surface area contributed by atoms with Gasteiger partial charge in [-0.15, -0.1) is 10.2 Å². The first-order chi connectivity index (χ1) is 19.4. The number of ketones is 1. The molecule has 1 saturated heterocycles. The number of halogens is 2. The Kier molecular flexibility index (Phi) is 7.71. The van der Waals surface area contributed by atoms with Gasteiger partial charge >= 0.3 is 5.91 Å². The van der Waals surface area contributed by atoms with E-state index in [0.29, 0.717) is 51.0 Å². The lowest BCUT2D eigenvalue weighted by atomic mass is 9.95. The number of anilines is 1. The Labute approximate surface area is 256 Å². The molecule has 2 aliphatic rings. The highest BCUT2D eigenvalue weighted by Gasteiger charge is 2.48. The minimum Gasteiger partial charge on any atom is -0.507 e. The Balaban J connectivity index is 1.39. The van der Waals surface area contributed by atoms with Crippen LogP contribution >= 0.6 is 57.3 Å². The molecule has 4 aromatic rings. The van der Waals surface area contributed by atoms with Crippen LogP contribution < -0.4 is 14.4 Å². The number of amides is 1. The van der Waals surface area contributed by atoms with Crippen LogP contribution in [0.2, 0.25) is 5.02 Å². The first-order valence-electron chi connectivity index (χ1n) is 12.1. The van der Waals surface area contributed by atoms with Crippen LogP contribution in [0.3, 0.4) is 0 Å². The molecule has 0 saturated carbocycles. The molecule has 1 atom stereocenters. The molecule has 0 radical (unpaired) electrons. The number of carbonyl (C=O) groups is 2. The quantitative estimate of drug-likeness (QED) is 0.0608. The van der Waals surface area contributed by atoms with E-state index in [-0.39, 0.29) is 16.5 Å². The molecule has 8 nitrogen and oxygen atoms in total. The summed E-state index contributed by atoms with van der Waals surface area (Å²) in [4.78, 5) is 28.2. The van der Waals surface area contributed by atoms with Crippen molar-refractivity contribution in [1.29, 1.82) is 0 Å². The smallest absolute Gasteiger partial charge is 0.301 e. The summed E-state index contributed by atoms with van der Waals surface area (Å²) >= 11 is 11.1. The summed E-state index contributed by atoms with van der Waals surface area (Å²) in [6.07, 6.45) is 0. The molecule has 202 valence electrons. The second kappa shape index (κ2) is 11.4. The third kappa shape index (κ3) is 5.18. The van der Waals surface area contributed by atoms with E-state index in [4.69, 9.17) is 21.1 Å². The Morgan fingerprint density at radius 1 is 1.05 bits per heavy atom. The van der Waals surface area contributed by atoms with E-state index in [1.54, 1.807) is 18.2 Å². The normalized spacial score (nSPS) is 17.9. The summed E-state index contributed by atoms with van der Waals surface area (Å²) in [7, 11) is 0. The highest BCUT2D eigenvalue weighted by atomic mass is 127. The van der Waals surface area contributed by atoms with Crippen molar-refractivity contribution in [3.63, 3.8) is 0 Å². The van der Waals surface area contributed by atoms with Gasteiger partial charge in [-0.05, 0) is 70.1 Å². The van der Waals surface area contributed by atoms with Crippen LogP contribution in [0.5, 0.6) is 11.5 Å². The molecular formula is C28H19ClIN3O5S2. The van der Waals surface area contributed by atoms with Crippen molar-refractivity contribution in [2.24, 2.45) is 0 Å².